The highest BCUT2D eigenvalue weighted by Gasteiger charge is 2.37. The van der Waals surface area contributed by atoms with E-state index in [9.17, 15) is 9.90 Å². The molecular formula is C25H35N7O3. The van der Waals surface area contributed by atoms with Crippen LogP contribution in [0, 0.1) is 5.92 Å². The van der Waals surface area contributed by atoms with Crippen LogP contribution in [0.4, 0.5) is 5.82 Å². The quantitative estimate of drug-likeness (QED) is 0.389. The highest BCUT2D eigenvalue weighted by molar-refractivity contribution is 5.83. The first kappa shape index (κ1) is 23.8. The lowest BCUT2D eigenvalue weighted by Crippen LogP contribution is -2.54. The Morgan fingerprint density at radius 1 is 1.37 bits per heavy atom. The van der Waals surface area contributed by atoms with E-state index < -0.39 is 6.10 Å². The van der Waals surface area contributed by atoms with Crippen LogP contribution >= 0.6 is 0 Å². The number of ether oxygens (including phenoxy) is 1. The molecular weight excluding hydrogens is 446 g/mol. The first-order valence-corrected chi connectivity index (χ1v) is 12.4. The highest BCUT2D eigenvalue weighted by Crippen LogP contribution is 2.38. The summed E-state index contributed by atoms with van der Waals surface area (Å²) < 4.78 is 5.81. The Kier molecular flexibility index (Phi) is 6.79. The van der Waals surface area contributed by atoms with Crippen LogP contribution in [0.3, 0.4) is 0 Å². The Morgan fingerprint density at radius 3 is 2.94 bits per heavy atom. The molecule has 0 aliphatic carbocycles. The molecule has 5 N–H and O–H groups in total. The van der Waals surface area contributed by atoms with E-state index in [1.54, 1.807) is 0 Å². The van der Waals surface area contributed by atoms with Crippen LogP contribution in [0.1, 0.15) is 39.2 Å². The molecule has 1 aromatic rings. The van der Waals surface area contributed by atoms with Gasteiger partial charge in [-0.15, -0.1) is 0 Å². The SMILES string of the molecule is CCOC1=CN2NC3NNCC3=C2C(c2ccc(N3CC[C@H](NC(=O)CC(C)C)[C@@H](O)C3)nc2)=C1. The number of aliphatic hydroxyl groups is 1. The Bertz CT molecular complexity index is 1050. The summed E-state index contributed by atoms with van der Waals surface area (Å²) in [6.07, 6.45) is 6.49. The average Bonchev–Trinajstić information content (AvgIpc) is 3.41. The van der Waals surface area contributed by atoms with Crippen LogP contribution in [-0.4, -0.2) is 65.6 Å². The second kappa shape index (κ2) is 9.98. The summed E-state index contributed by atoms with van der Waals surface area (Å²) in [7, 11) is 0. The Labute approximate surface area is 206 Å². The minimum absolute atomic E-state index is 0.00178. The first-order chi connectivity index (χ1) is 16.9. The van der Waals surface area contributed by atoms with E-state index in [1.165, 1.54) is 5.57 Å². The van der Waals surface area contributed by atoms with Gasteiger partial charge in [-0.3, -0.25) is 15.2 Å². The number of nitrogens with one attached hydrogen (secondary N) is 4. The molecule has 10 nitrogen and oxygen atoms in total. The van der Waals surface area contributed by atoms with E-state index in [4.69, 9.17) is 9.72 Å². The van der Waals surface area contributed by atoms with Crippen molar-refractivity contribution in [3.05, 3.63) is 53.2 Å². The topological polar surface area (TPSA) is 114 Å². The van der Waals surface area contributed by atoms with Crippen molar-refractivity contribution in [1.29, 1.82) is 0 Å². The number of rotatable bonds is 7. The van der Waals surface area contributed by atoms with Gasteiger partial charge in [0.2, 0.25) is 5.91 Å². The molecule has 1 amide bonds. The summed E-state index contributed by atoms with van der Waals surface area (Å²) >= 11 is 0. The van der Waals surface area contributed by atoms with Gasteiger partial charge in [0.05, 0.1) is 30.6 Å². The molecule has 4 aliphatic rings. The second-order valence-electron chi connectivity index (χ2n) is 9.81. The van der Waals surface area contributed by atoms with Gasteiger partial charge in [-0.05, 0) is 37.5 Å². The molecule has 0 radical (unpaired) electrons. The maximum absolute atomic E-state index is 12.1. The van der Waals surface area contributed by atoms with Crippen molar-refractivity contribution in [1.82, 2.24) is 31.6 Å². The number of allylic oxidation sites excluding steroid dienone is 2. The monoisotopic (exact) mass is 481 g/mol. The fourth-order valence-electron chi connectivity index (χ4n) is 5.05. The number of hydrazine groups is 2. The van der Waals surface area contributed by atoms with Crippen molar-refractivity contribution in [3.63, 3.8) is 0 Å². The van der Waals surface area contributed by atoms with Gasteiger partial charge in [-0.2, -0.15) is 0 Å². The third kappa shape index (κ3) is 4.92. The van der Waals surface area contributed by atoms with Crippen molar-refractivity contribution in [2.45, 2.75) is 51.9 Å². The van der Waals surface area contributed by atoms with Crippen molar-refractivity contribution < 1.29 is 14.6 Å². The largest absolute Gasteiger partial charge is 0.492 e. The van der Waals surface area contributed by atoms with Gasteiger partial charge in [-0.1, -0.05) is 13.8 Å². The zero-order valence-electron chi connectivity index (χ0n) is 20.5. The molecule has 10 heteroatoms. The van der Waals surface area contributed by atoms with Crippen LogP contribution in [0.25, 0.3) is 5.57 Å². The van der Waals surface area contributed by atoms with Crippen molar-refractivity contribution in [3.8, 4) is 0 Å². The van der Waals surface area contributed by atoms with Gasteiger partial charge in [0.1, 0.15) is 17.7 Å². The molecule has 0 saturated carbocycles. The number of aliphatic hydroxyl groups excluding tert-OH is 1. The average molecular weight is 482 g/mol. The number of amides is 1. The molecule has 0 bridgehead atoms. The van der Waals surface area contributed by atoms with Crippen molar-refractivity contribution in [2.24, 2.45) is 5.92 Å². The molecule has 4 aliphatic heterocycles. The number of piperidine rings is 1. The lowest BCUT2D eigenvalue weighted by Gasteiger charge is -2.37. The number of hydrogen-bond donors (Lipinski definition) is 5. The van der Waals surface area contributed by atoms with Crippen LogP contribution < -0.4 is 26.5 Å². The molecule has 2 saturated heterocycles. The van der Waals surface area contributed by atoms with E-state index in [2.05, 4.69) is 38.6 Å². The van der Waals surface area contributed by atoms with Crippen LogP contribution in [0.2, 0.25) is 0 Å². The molecule has 2 fully saturated rings. The van der Waals surface area contributed by atoms with Gasteiger partial charge in [0.15, 0.2) is 0 Å². The highest BCUT2D eigenvalue weighted by atomic mass is 16.5. The zero-order valence-corrected chi connectivity index (χ0v) is 20.5. The lowest BCUT2D eigenvalue weighted by molar-refractivity contribution is -0.123. The zero-order chi connectivity index (χ0) is 24.5. The second-order valence-corrected chi connectivity index (χ2v) is 9.81. The minimum atomic E-state index is -0.634. The van der Waals surface area contributed by atoms with E-state index in [1.807, 2.05) is 44.2 Å². The summed E-state index contributed by atoms with van der Waals surface area (Å²) in [5.41, 5.74) is 14.3. The molecule has 0 spiro atoms. The number of anilines is 1. The predicted molar refractivity (Wildman–Crippen MR) is 133 cm³/mol. The molecule has 188 valence electrons. The van der Waals surface area contributed by atoms with Gasteiger partial charge in [-0.25, -0.2) is 15.8 Å². The smallest absolute Gasteiger partial charge is 0.220 e. The minimum Gasteiger partial charge on any atom is -0.492 e. The molecule has 5 rings (SSSR count). The third-order valence-electron chi connectivity index (χ3n) is 6.70. The normalized spacial score (nSPS) is 25.9. The molecule has 5 heterocycles. The summed E-state index contributed by atoms with van der Waals surface area (Å²) in [5, 5.41) is 15.7. The van der Waals surface area contributed by atoms with Crippen molar-refractivity contribution in [2.75, 3.05) is 31.1 Å². The summed E-state index contributed by atoms with van der Waals surface area (Å²) in [6, 6.07) is 3.85. The third-order valence-corrected chi connectivity index (χ3v) is 6.70. The van der Waals surface area contributed by atoms with Crippen LogP contribution in [0.5, 0.6) is 0 Å². The molecule has 35 heavy (non-hydrogen) atoms. The standard InChI is InChI=1S/C25H35N7O3/c1-4-35-17-10-18(24-19-12-27-29-25(19)30-32(24)13-17)16-5-6-22(26-11-16)31-8-7-20(21(33)14-31)28-23(34)9-15(2)3/h5-6,10-11,13,15,20-21,25,27,29-30,33H,4,7-9,12,14H2,1-3H3,(H,28,34)/t20-,21-,25?/m0/s1. The van der Waals surface area contributed by atoms with Gasteiger partial charge in [0.25, 0.3) is 0 Å². The number of aromatic nitrogens is 1. The maximum Gasteiger partial charge on any atom is 0.220 e. The molecule has 3 atom stereocenters. The number of pyridine rings is 1. The number of nitrogens with zero attached hydrogens (tertiary/aromatic N) is 3. The Balaban J connectivity index is 1.30. The Morgan fingerprint density at radius 2 is 2.23 bits per heavy atom. The van der Waals surface area contributed by atoms with E-state index >= 15 is 0 Å². The molecule has 1 aromatic heterocycles. The fourth-order valence-corrected chi connectivity index (χ4v) is 5.05. The summed E-state index contributed by atoms with van der Waals surface area (Å²) in [6.45, 7) is 8.51. The van der Waals surface area contributed by atoms with E-state index in [-0.39, 0.29) is 18.1 Å². The van der Waals surface area contributed by atoms with Gasteiger partial charge < -0.3 is 20.1 Å². The fraction of sp³-hybridized carbons (Fsp3) is 0.520. The van der Waals surface area contributed by atoms with Crippen LogP contribution in [-0.2, 0) is 9.53 Å². The number of fused-ring (bicyclic) bond motifs is 2. The summed E-state index contributed by atoms with van der Waals surface area (Å²) in [4.78, 5) is 19.0. The number of β-amino-alcohol motifs (C(OH)–C–C–N with tert-alkyl or cyclic N) is 1. The Hall–Kier alpha value is -2.92. The predicted octanol–water partition coefficient (Wildman–Crippen LogP) is 0.967. The number of hydrogen-bond acceptors (Lipinski definition) is 9. The first-order valence-electron chi connectivity index (χ1n) is 12.4. The van der Waals surface area contributed by atoms with Gasteiger partial charge >= 0.3 is 0 Å². The number of carbonyl (C=O) groups is 1. The number of carbonyl (C=O) groups excluding carboxylic acids is 1. The lowest BCUT2D eigenvalue weighted by atomic mass is 9.97. The van der Waals surface area contributed by atoms with E-state index in [0.717, 1.165) is 41.5 Å². The van der Waals surface area contributed by atoms with Crippen LogP contribution in [0.15, 0.2) is 47.6 Å². The molecule has 0 aromatic carbocycles. The van der Waals surface area contributed by atoms with Gasteiger partial charge in [0, 0.05) is 49.0 Å². The maximum atomic E-state index is 12.1. The summed E-state index contributed by atoms with van der Waals surface area (Å²) in [5.74, 6) is 1.91. The molecule has 1 unspecified atom stereocenters. The van der Waals surface area contributed by atoms with E-state index in [0.29, 0.717) is 31.9 Å². The van der Waals surface area contributed by atoms with Crippen molar-refractivity contribution >= 4 is 17.3 Å².